The Hall–Kier alpha value is -1.29. The molecule has 0 heterocycles. The summed E-state index contributed by atoms with van der Waals surface area (Å²) in [5, 5.41) is 2.84. The third-order valence-corrected chi connectivity index (χ3v) is 1.82. The van der Waals surface area contributed by atoms with Gasteiger partial charge in [0, 0.05) is 5.56 Å². The van der Waals surface area contributed by atoms with Gasteiger partial charge in [-0.1, -0.05) is 12.2 Å². The van der Waals surface area contributed by atoms with Crippen LogP contribution >= 0.6 is 12.2 Å². The maximum Gasteiger partial charge on any atom is 0.110 e. The SMILES string of the molecule is Cc1cc(C(N)=S)ccc1N=O. The molecule has 0 unspecified atom stereocenters. The lowest BCUT2D eigenvalue weighted by Gasteiger charge is -2.00. The first-order valence-corrected chi connectivity index (χ1v) is 3.80. The summed E-state index contributed by atoms with van der Waals surface area (Å²) in [5.74, 6) is 0. The van der Waals surface area contributed by atoms with Crippen molar-refractivity contribution in [3.63, 3.8) is 0 Å². The topological polar surface area (TPSA) is 55.4 Å². The average Bonchev–Trinajstić information content (AvgIpc) is 2.04. The molecular weight excluding hydrogens is 172 g/mol. The van der Waals surface area contributed by atoms with E-state index in [9.17, 15) is 4.91 Å². The Morgan fingerprint density at radius 1 is 1.58 bits per heavy atom. The molecule has 0 saturated heterocycles. The molecule has 1 aromatic rings. The third kappa shape index (κ3) is 1.65. The average molecular weight is 180 g/mol. The van der Waals surface area contributed by atoms with Gasteiger partial charge in [-0.2, -0.15) is 0 Å². The van der Waals surface area contributed by atoms with Crippen LogP contribution in [0.25, 0.3) is 0 Å². The zero-order chi connectivity index (χ0) is 9.14. The van der Waals surface area contributed by atoms with E-state index in [-0.39, 0.29) is 0 Å². The molecule has 0 fully saturated rings. The molecule has 3 nitrogen and oxygen atoms in total. The largest absolute Gasteiger partial charge is 0.389 e. The molecule has 0 saturated carbocycles. The van der Waals surface area contributed by atoms with E-state index >= 15 is 0 Å². The van der Waals surface area contributed by atoms with Crippen LogP contribution in [0, 0.1) is 11.8 Å². The standard InChI is InChI=1S/C8H8N2OS/c1-5-4-6(8(9)12)2-3-7(5)10-11/h2-4H,1H3,(H2,9,12). The van der Waals surface area contributed by atoms with Crippen LogP contribution in [0.2, 0.25) is 0 Å². The number of rotatable bonds is 2. The number of nitroso groups, excluding NO2 is 1. The van der Waals surface area contributed by atoms with Crippen LogP contribution in [0.3, 0.4) is 0 Å². The van der Waals surface area contributed by atoms with Gasteiger partial charge < -0.3 is 5.73 Å². The first kappa shape index (κ1) is 8.80. The van der Waals surface area contributed by atoms with Crippen LogP contribution in [0.5, 0.6) is 0 Å². The van der Waals surface area contributed by atoms with Crippen molar-refractivity contribution in [3.05, 3.63) is 34.2 Å². The fraction of sp³-hybridized carbons (Fsp3) is 0.125. The molecule has 0 radical (unpaired) electrons. The molecule has 62 valence electrons. The second-order valence-electron chi connectivity index (χ2n) is 2.46. The Kier molecular flexibility index (Phi) is 2.50. The molecule has 0 spiro atoms. The third-order valence-electron chi connectivity index (χ3n) is 1.58. The number of nitrogens with two attached hydrogens (primary N) is 1. The fourth-order valence-electron chi connectivity index (χ4n) is 0.911. The molecule has 2 N–H and O–H groups in total. The van der Waals surface area contributed by atoms with E-state index < -0.39 is 0 Å². The van der Waals surface area contributed by atoms with E-state index in [1.54, 1.807) is 25.1 Å². The summed E-state index contributed by atoms with van der Waals surface area (Å²) in [6.45, 7) is 1.79. The van der Waals surface area contributed by atoms with Crippen molar-refractivity contribution in [1.29, 1.82) is 0 Å². The van der Waals surface area contributed by atoms with Gasteiger partial charge in [0.15, 0.2) is 0 Å². The zero-order valence-corrected chi connectivity index (χ0v) is 7.39. The first-order valence-electron chi connectivity index (χ1n) is 3.39. The predicted molar refractivity (Wildman–Crippen MR) is 52.5 cm³/mol. The number of aryl methyl sites for hydroxylation is 1. The van der Waals surface area contributed by atoms with E-state index in [4.69, 9.17) is 18.0 Å². The van der Waals surface area contributed by atoms with Gasteiger partial charge in [-0.25, -0.2) is 0 Å². The molecule has 0 amide bonds. The van der Waals surface area contributed by atoms with E-state index in [0.717, 1.165) is 11.1 Å². The summed E-state index contributed by atoms with van der Waals surface area (Å²) in [4.78, 5) is 10.5. The highest BCUT2D eigenvalue weighted by Gasteiger charge is 2.00. The lowest BCUT2D eigenvalue weighted by Crippen LogP contribution is -2.08. The molecule has 0 bridgehead atoms. The normalized spacial score (nSPS) is 9.42. The Morgan fingerprint density at radius 2 is 2.25 bits per heavy atom. The van der Waals surface area contributed by atoms with E-state index in [1.807, 2.05) is 0 Å². The van der Waals surface area contributed by atoms with Gasteiger partial charge in [0.25, 0.3) is 0 Å². The molecule has 1 aromatic carbocycles. The predicted octanol–water partition coefficient (Wildman–Crippen LogP) is 2.03. The van der Waals surface area contributed by atoms with Crippen LogP contribution < -0.4 is 5.73 Å². The maximum absolute atomic E-state index is 10.2. The van der Waals surface area contributed by atoms with E-state index in [0.29, 0.717) is 10.7 Å². The minimum absolute atomic E-state index is 0.329. The molecule has 0 aliphatic rings. The Labute approximate surface area is 75.6 Å². The summed E-state index contributed by atoms with van der Waals surface area (Å²) >= 11 is 4.77. The molecule has 4 heteroatoms. The van der Waals surface area contributed by atoms with Gasteiger partial charge in [-0.15, -0.1) is 4.91 Å². The number of hydrogen-bond acceptors (Lipinski definition) is 3. The highest BCUT2D eigenvalue weighted by atomic mass is 32.1. The van der Waals surface area contributed by atoms with Gasteiger partial charge >= 0.3 is 0 Å². The fourth-order valence-corrected chi connectivity index (χ4v) is 1.04. The van der Waals surface area contributed by atoms with Crippen molar-refractivity contribution in [1.82, 2.24) is 0 Å². The first-order chi connectivity index (χ1) is 5.65. The van der Waals surface area contributed by atoms with Crippen molar-refractivity contribution in [2.75, 3.05) is 0 Å². The molecule has 0 aromatic heterocycles. The summed E-state index contributed by atoms with van der Waals surface area (Å²) in [6.07, 6.45) is 0. The second-order valence-corrected chi connectivity index (χ2v) is 2.90. The van der Waals surface area contributed by atoms with Crippen LogP contribution in [-0.2, 0) is 0 Å². The van der Waals surface area contributed by atoms with Crippen LogP contribution in [0.4, 0.5) is 5.69 Å². The van der Waals surface area contributed by atoms with Crippen LogP contribution in [-0.4, -0.2) is 4.99 Å². The summed E-state index contributed by atoms with van der Waals surface area (Å²) in [6, 6.07) is 5.04. The number of thiocarbonyl (C=S) groups is 1. The van der Waals surface area contributed by atoms with Crippen molar-refractivity contribution in [2.45, 2.75) is 6.92 Å². The summed E-state index contributed by atoms with van der Waals surface area (Å²) in [7, 11) is 0. The monoisotopic (exact) mass is 180 g/mol. The van der Waals surface area contributed by atoms with Crippen LogP contribution in [0.15, 0.2) is 23.4 Å². The molecule has 12 heavy (non-hydrogen) atoms. The second kappa shape index (κ2) is 3.40. The van der Waals surface area contributed by atoms with Gasteiger partial charge in [0.2, 0.25) is 0 Å². The zero-order valence-electron chi connectivity index (χ0n) is 6.57. The number of nitrogens with zero attached hydrogens (tertiary/aromatic N) is 1. The van der Waals surface area contributed by atoms with Crippen molar-refractivity contribution in [3.8, 4) is 0 Å². The molecule has 0 atom stereocenters. The Bertz CT molecular complexity index is 336. The van der Waals surface area contributed by atoms with Gasteiger partial charge in [0.05, 0.1) is 0 Å². The van der Waals surface area contributed by atoms with Gasteiger partial charge in [-0.05, 0) is 35.9 Å². The lowest BCUT2D eigenvalue weighted by molar-refractivity contribution is 1.38. The molecular formula is C8H8N2OS. The minimum Gasteiger partial charge on any atom is -0.389 e. The summed E-state index contributed by atoms with van der Waals surface area (Å²) in [5.41, 5.74) is 7.37. The quantitative estimate of drug-likeness (QED) is 0.559. The number of hydrogen-bond donors (Lipinski definition) is 1. The number of benzene rings is 1. The smallest absolute Gasteiger partial charge is 0.110 e. The van der Waals surface area contributed by atoms with Crippen molar-refractivity contribution in [2.24, 2.45) is 10.9 Å². The Morgan fingerprint density at radius 3 is 2.67 bits per heavy atom. The van der Waals surface area contributed by atoms with E-state index in [1.165, 1.54) is 0 Å². The summed E-state index contributed by atoms with van der Waals surface area (Å²) < 4.78 is 0. The highest BCUT2D eigenvalue weighted by Crippen LogP contribution is 2.18. The van der Waals surface area contributed by atoms with Gasteiger partial charge in [-0.3, -0.25) is 0 Å². The molecule has 0 aliphatic carbocycles. The van der Waals surface area contributed by atoms with Crippen molar-refractivity contribution < 1.29 is 0 Å². The molecule has 1 rings (SSSR count). The van der Waals surface area contributed by atoms with Crippen LogP contribution in [0.1, 0.15) is 11.1 Å². The lowest BCUT2D eigenvalue weighted by atomic mass is 10.1. The van der Waals surface area contributed by atoms with Crippen molar-refractivity contribution >= 4 is 22.9 Å². The highest BCUT2D eigenvalue weighted by molar-refractivity contribution is 7.80. The Balaban J connectivity index is 3.18. The minimum atomic E-state index is 0.329. The maximum atomic E-state index is 10.2. The van der Waals surface area contributed by atoms with E-state index in [2.05, 4.69) is 5.18 Å². The van der Waals surface area contributed by atoms with Gasteiger partial charge in [0.1, 0.15) is 10.7 Å². The molecule has 0 aliphatic heterocycles.